The van der Waals surface area contributed by atoms with Crippen LogP contribution in [0.5, 0.6) is 0 Å². The summed E-state index contributed by atoms with van der Waals surface area (Å²) in [6.45, 7) is 1.74. The molecule has 0 amide bonds. The van der Waals surface area contributed by atoms with Gasteiger partial charge in [0.25, 0.3) is 0 Å². The van der Waals surface area contributed by atoms with Crippen LogP contribution in [0.25, 0.3) is 22.2 Å². The summed E-state index contributed by atoms with van der Waals surface area (Å²) in [5.41, 5.74) is 8.88. The molecule has 2 N–H and O–H groups in total. The first-order valence-corrected chi connectivity index (χ1v) is 6.59. The Labute approximate surface area is 122 Å². The van der Waals surface area contributed by atoms with Crippen molar-refractivity contribution in [1.29, 1.82) is 0 Å². The maximum atomic E-state index is 13.0. The largest absolute Gasteiger partial charge is 0.387 e. The van der Waals surface area contributed by atoms with Gasteiger partial charge in [0.15, 0.2) is 0 Å². The van der Waals surface area contributed by atoms with Gasteiger partial charge in [-0.25, -0.2) is 14.4 Å². The second kappa shape index (κ2) is 5.32. The smallest absolute Gasteiger partial charge is 0.123 e. The molecule has 1 aromatic heterocycles. The molecule has 0 aliphatic carbocycles. The zero-order valence-electron chi connectivity index (χ0n) is 11.5. The Hall–Kier alpha value is -2.75. The van der Waals surface area contributed by atoms with E-state index in [0.29, 0.717) is 5.84 Å². The number of halogens is 1. The molecule has 0 fully saturated rings. The van der Waals surface area contributed by atoms with Crippen molar-refractivity contribution in [2.24, 2.45) is 10.7 Å². The van der Waals surface area contributed by atoms with Crippen LogP contribution in [-0.2, 0) is 0 Å². The number of hydrogen-bond donors (Lipinski definition) is 1. The van der Waals surface area contributed by atoms with Gasteiger partial charge in [-0.1, -0.05) is 12.1 Å². The maximum Gasteiger partial charge on any atom is 0.123 e. The second-order valence-electron chi connectivity index (χ2n) is 4.83. The predicted octanol–water partition coefficient (Wildman–Crippen LogP) is 4.05. The van der Waals surface area contributed by atoms with Crippen molar-refractivity contribution in [3.05, 3.63) is 60.4 Å². The van der Waals surface area contributed by atoms with Gasteiger partial charge < -0.3 is 5.73 Å². The number of fused-ring (bicyclic) bond motifs is 1. The first-order valence-electron chi connectivity index (χ1n) is 6.59. The van der Waals surface area contributed by atoms with E-state index in [-0.39, 0.29) is 5.82 Å². The number of pyridine rings is 1. The number of nitrogens with two attached hydrogens (primary N) is 1. The molecule has 0 saturated carbocycles. The van der Waals surface area contributed by atoms with Crippen molar-refractivity contribution in [3.8, 4) is 11.3 Å². The standard InChI is InChI=1S/C17H14FN3/c1-11(19)20-15-8-4-13-5-9-16(21-17(13)10-15)12-2-6-14(18)7-3-12/h2-10H,1H3,(H2,19,20). The average molecular weight is 279 g/mol. The van der Waals surface area contributed by atoms with Crippen molar-refractivity contribution in [2.45, 2.75) is 6.92 Å². The van der Waals surface area contributed by atoms with Crippen molar-refractivity contribution < 1.29 is 4.39 Å². The van der Waals surface area contributed by atoms with E-state index in [1.165, 1.54) is 12.1 Å². The van der Waals surface area contributed by atoms with Crippen LogP contribution < -0.4 is 5.73 Å². The Morgan fingerprint density at radius 2 is 1.76 bits per heavy atom. The van der Waals surface area contributed by atoms with Gasteiger partial charge in [-0.05, 0) is 49.4 Å². The Bertz CT molecular complexity index is 819. The molecule has 104 valence electrons. The normalized spacial score (nSPS) is 11.8. The van der Waals surface area contributed by atoms with E-state index in [0.717, 1.165) is 27.8 Å². The van der Waals surface area contributed by atoms with Gasteiger partial charge in [-0.15, -0.1) is 0 Å². The number of aromatic nitrogens is 1. The lowest BCUT2D eigenvalue weighted by atomic mass is 10.1. The van der Waals surface area contributed by atoms with Crippen LogP contribution in [-0.4, -0.2) is 10.8 Å². The van der Waals surface area contributed by atoms with Crippen LogP contribution in [0.2, 0.25) is 0 Å². The lowest BCUT2D eigenvalue weighted by Gasteiger charge is -2.04. The Morgan fingerprint density at radius 3 is 2.48 bits per heavy atom. The van der Waals surface area contributed by atoms with Crippen LogP contribution in [0.3, 0.4) is 0 Å². The molecule has 0 bridgehead atoms. The Balaban J connectivity index is 2.09. The molecule has 2 aromatic carbocycles. The van der Waals surface area contributed by atoms with E-state index in [9.17, 15) is 4.39 Å². The molecule has 3 nitrogen and oxygen atoms in total. The molecule has 4 heteroatoms. The quantitative estimate of drug-likeness (QED) is 0.568. The molecule has 3 rings (SSSR count). The van der Waals surface area contributed by atoms with Crippen molar-refractivity contribution in [1.82, 2.24) is 4.98 Å². The molecule has 0 unspecified atom stereocenters. The summed E-state index contributed by atoms with van der Waals surface area (Å²) in [4.78, 5) is 8.84. The summed E-state index contributed by atoms with van der Waals surface area (Å²) in [6.07, 6.45) is 0. The molecule has 0 radical (unpaired) electrons. The SMILES string of the molecule is CC(N)=Nc1ccc2ccc(-c3ccc(F)cc3)nc2c1. The molecule has 0 spiro atoms. The molecule has 0 aliphatic rings. The van der Waals surface area contributed by atoms with Crippen LogP contribution in [0.4, 0.5) is 10.1 Å². The third-order valence-electron chi connectivity index (χ3n) is 3.12. The minimum absolute atomic E-state index is 0.255. The highest BCUT2D eigenvalue weighted by Gasteiger charge is 2.03. The zero-order valence-corrected chi connectivity index (χ0v) is 11.5. The maximum absolute atomic E-state index is 13.0. The topological polar surface area (TPSA) is 51.3 Å². The van der Waals surface area contributed by atoms with Crippen LogP contribution in [0.1, 0.15) is 6.92 Å². The van der Waals surface area contributed by atoms with Crippen molar-refractivity contribution in [2.75, 3.05) is 0 Å². The summed E-state index contributed by atoms with van der Waals surface area (Å²) < 4.78 is 13.0. The zero-order chi connectivity index (χ0) is 14.8. The third kappa shape index (κ3) is 2.89. The first-order chi connectivity index (χ1) is 10.1. The fourth-order valence-corrected chi connectivity index (χ4v) is 2.16. The van der Waals surface area contributed by atoms with Gasteiger partial charge in [-0.3, -0.25) is 0 Å². The number of amidine groups is 1. The predicted molar refractivity (Wildman–Crippen MR) is 84.1 cm³/mol. The highest BCUT2D eigenvalue weighted by atomic mass is 19.1. The van der Waals surface area contributed by atoms with Gasteiger partial charge in [0, 0.05) is 10.9 Å². The monoisotopic (exact) mass is 279 g/mol. The number of rotatable bonds is 2. The summed E-state index contributed by atoms with van der Waals surface area (Å²) in [7, 11) is 0. The average Bonchev–Trinajstić information content (AvgIpc) is 2.46. The van der Waals surface area contributed by atoms with Gasteiger partial charge in [0.2, 0.25) is 0 Å². The van der Waals surface area contributed by atoms with E-state index in [4.69, 9.17) is 5.73 Å². The summed E-state index contributed by atoms with van der Waals surface area (Å²) in [6, 6.07) is 16.0. The molecule has 21 heavy (non-hydrogen) atoms. The van der Waals surface area contributed by atoms with Crippen molar-refractivity contribution in [3.63, 3.8) is 0 Å². The number of benzene rings is 2. The third-order valence-corrected chi connectivity index (χ3v) is 3.12. The highest BCUT2D eigenvalue weighted by Crippen LogP contribution is 2.24. The number of nitrogens with zero attached hydrogens (tertiary/aromatic N) is 2. The summed E-state index contributed by atoms with van der Waals surface area (Å²) in [5, 5.41) is 1.02. The summed E-state index contributed by atoms with van der Waals surface area (Å²) in [5.74, 6) is 0.249. The molecule has 0 aliphatic heterocycles. The van der Waals surface area contributed by atoms with Gasteiger partial charge in [0.05, 0.1) is 22.7 Å². The van der Waals surface area contributed by atoms with Gasteiger partial charge in [0.1, 0.15) is 5.82 Å². The molecule has 3 aromatic rings. The lowest BCUT2D eigenvalue weighted by molar-refractivity contribution is 0.628. The molecular formula is C17H14FN3. The van der Waals surface area contributed by atoms with Crippen molar-refractivity contribution >= 4 is 22.4 Å². The van der Waals surface area contributed by atoms with E-state index < -0.39 is 0 Å². The highest BCUT2D eigenvalue weighted by molar-refractivity contribution is 5.86. The van der Waals surface area contributed by atoms with E-state index >= 15 is 0 Å². The minimum Gasteiger partial charge on any atom is -0.387 e. The van der Waals surface area contributed by atoms with E-state index in [1.807, 2.05) is 30.3 Å². The molecule has 0 atom stereocenters. The van der Waals surface area contributed by atoms with Gasteiger partial charge >= 0.3 is 0 Å². The number of aliphatic imine (C=N–C) groups is 1. The molecule has 0 saturated heterocycles. The lowest BCUT2D eigenvalue weighted by Crippen LogP contribution is -2.03. The van der Waals surface area contributed by atoms with Crippen LogP contribution in [0.15, 0.2) is 59.6 Å². The van der Waals surface area contributed by atoms with Crippen LogP contribution >= 0.6 is 0 Å². The minimum atomic E-state index is -0.255. The van der Waals surface area contributed by atoms with E-state index in [2.05, 4.69) is 9.98 Å². The molecular weight excluding hydrogens is 265 g/mol. The Morgan fingerprint density at radius 1 is 1.05 bits per heavy atom. The van der Waals surface area contributed by atoms with E-state index in [1.54, 1.807) is 19.1 Å². The van der Waals surface area contributed by atoms with Gasteiger partial charge in [-0.2, -0.15) is 0 Å². The fourth-order valence-electron chi connectivity index (χ4n) is 2.16. The van der Waals surface area contributed by atoms with Crippen LogP contribution in [0, 0.1) is 5.82 Å². The molecule has 1 heterocycles. The fraction of sp³-hybridized carbons (Fsp3) is 0.0588. The Kier molecular flexibility index (Phi) is 3.36. The number of hydrogen-bond acceptors (Lipinski definition) is 2. The summed E-state index contributed by atoms with van der Waals surface area (Å²) >= 11 is 0. The first kappa shape index (κ1) is 13.2. The second-order valence-corrected chi connectivity index (χ2v) is 4.83.